The van der Waals surface area contributed by atoms with Gasteiger partial charge in [0.2, 0.25) is 0 Å². The molecular weight excluding hydrogens is 280 g/mol. The average Bonchev–Trinajstić information content (AvgIpc) is 2.34. The van der Waals surface area contributed by atoms with E-state index in [1.807, 2.05) is 0 Å². The minimum atomic E-state index is 0.795. The molecular formula is C13H27BrN2O. The van der Waals surface area contributed by atoms with E-state index in [-0.39, 0.29) is 0 Å². The number of nitrogens with zero attached hydrogens (tertiary/aromatic N) is 2. The molecule has 4 heteroatoms. The van der Waals surface area contributed by atoms with E-state index >= 15 is 0 Å². The number of alkyl halides is 1. The van der Waals surface area contributed by atoms with Crippen LogP contribution in [0, 0.1) is 0 Å². The maximum atomic E-state index is 5.16. The Labute approximate surface area is 115 Å². The van der Waals surface area contributed by atoms with Gasteiger partial charge >= 0.3 is 0 Å². The fraction of sp³-hybridized carbons (Fsp3) is 1.00. The van der Waals surface area contributed by atoms with Gasteiger partial charge in [-0.3, -0.25) is 0 Å². The summed E-state index contributed by atoms with van der Waals surface area (Å²) in [6.07, 6.45) is 5.46. The molecule has 3 nitrogen and oxygen atoms in total. The summed E-state index contributed by atoms with van der Waals surface area (Å²) >= 11 is 3.53. The highest BCUT2D eigenvalue weighted by molar-refractivity contribution is 9.09. The first kappa shape index (κ1) is 15.4. The first-order chi connectivity index (χ1) is 8.27. The van der Waals surface area contributed by atoms with Crippen LogP contribution in [0.1, 0.15) is 25.7 Å². The molecule has 0 N–H and O–H groups in total. The molecule has 1 heterocycles. The normalized spacial score (nSPS) is 22.2. The Bertz CT molecular complexity index is 192. The quantitative estimate of drug-likeness (QED) is 0.640. The van der Waals surface area contributed by atoms with E-state index < -0.39 is 0 Å². The van der Waals surface area contributed by atoms with Crippen molar-refractivity contribution in [2.45, 2.75) is 31.7 Å². The van der Waals surface area contributed by atoms with Crippen LogP contribution >= 0.6 is 15.9 Å². The fourth-order valence-electron chi connectivity index (χ4n) is 2.52. The number of likely N-dealkylation sites (tertiary alicyclic amines) is 1. The van der Waals surface area contributed by atoms with Crippen molar-refractivity contribution in [3.05, 3.63) is 0 Å². The Morgan fingerprint density at radius 2 is 2.12 bits per heavy atom. The maximum absolute atomic E-state index is 5.16. The van der Waals surface area contributed by atoms with Crippen LogP contribution in [0.3, 0.4) is 0 Å². The Morgan fingerprint density at radius 3 is 2.76 bits per heavy atom. The van der Waals surface area contributed by atoms with Gasteiger partial charge in [-0.2, -0.15) is 0 Å². The molecule has 1 saturated heterocycles. The van der Waals surface area contributed by atoms with E-state index in [2.05, 4.69) is 32.8 Å². The van der Waals surface area contributed by atoms with Gasteiger partial charge in [0.25, 0.3) is 0 Å². The predicted molar refractivity (Wildman–Crippen MR) is 77.0 cm³/mol. The van der Waals surface area contributed by atoms with E-state index in [9.17, 15) is 0 Å². The maximum Gasteiger partial charge on any atom is 0.0589 e. The Morgan fingerprint density at radius 1 is 1.29 bits per heavy atom. The van der Waals surface area contributed by atoms with E-state index in [1.54, 1.807) is 7.11 Å². The Balaban J connectivity index is 2.23. The number of hydrogen-bond donors (Lipinski definition) is 0. The van der Waals surface area contributed by atoms with E-state index in [0.717, 1.165) is 31.1 Å². The molecule has 1 aliphatic heterocycles. The number of rotatable bonds is 8. The lowest BCUT2D eigenvalue weighted by Crippen LogP contribution is -2.40. The van der Waals surface area contributed by atoms with Crippen molar-refractivity contribution in [2.24, 2.45) is 0 Å². The summed E-state index contributed by atoms with van der Waals surface area (Å²) in [4.78, 5) is 5.03. The molecule has 1 rings (SSSR count). The van der Waals surface area contributed by atoms with Gasteiger partial charge in [0.1, 0.15) is 0 Å². The smallest absolute Gasteiger partial charge is 0.0589 e. The third kappa shape index (κ3) is 6.18. The summed E-state index contributed by atoms with van der Waals surface area (Å²) in [6, 6.07) is 0.795. The van der Waals surface area contributed by atoms with Crippen molar-refractivity contribution < 1.29 is 4.74 Å². The molecule has 102 valence electrons. The van der Waals surface area contributed by atoms with Gasteiger partial charge in [0.05, 0.1) is 6.61 Å². The number of methoxy groups -OCH3 is 1. The van der Waals surface area contributed by atoms with Crippen molar-refractivity contribution in [3.8, 4) is 0 Å². The van der Waals surface area contributed by atoms with Crippen LogP contribution in [0.4, 0.5) is 0 Å². The van der Waals surface area contributed by atoms with Crippen LogP contribution in [0.15, 0.2) is 0 Å². The lowest BCUT2D eigenvalue weighted by atomic mass is 10.00. The fourth-order valence-corrected chi connectivity index (χ4v) is 3.02. The van der Waals surface area contributed by atoms with Crippen LogP contribution in [-0.4, -0.2) is 68.1 Å². The number of piperidine rings is 1. The molecule has 1 aliphatic rings. The minimum absolute atomic E-state index is 0.795. The molecule has 17 heavy (non-hydrogen) atoms. The zero-order chi connectivity index (χ0) is 12.5. The molecule has 0 saturated carbocycles. The van der Waals surface area contributed by atoms with Gasteiger partial charge in [-0.05, 0) is 39.4 Å². The Kier molecular flexibility index (Phi) is 8.44. The summed E-state index contributed by atoms with van der Waals surface area (Å²) in [5, 5.41) is 1.05. The van der Waals surface area contributed by atoms with E-state index in [0.29, 0.717) is 0 Å². The zero-order valence-electron chi connectivity index (χ0n) is 11.3. The van der Waals surface area contributed by atoms with E-state index in [1.165, 1.54) is 38.8 Å². The molecule has 0 aromatic heterocycles. The molecule has 0 aromatic rings. The second-order valence-corrected chi connectivity index (χ2v) is 5.74. The molecule has 0 aromatic carbocycles. The van der Waals surface area contributed by atoms with Crippen molar-refractivity contribution in [1.29, 1.82) is 0 Å². The zero-order valence-corrected chi connectivity index (χ0v) is 12.9. The summed E-state index contributed by atoms with van der Waals surface area (Å²) < 4.78 is 5.16. The van der Waals surface area contributed by atoms with Gasteiger partial charge < -0.3 is 14.5 Å². The number of hydrogen-bond acceptors (Lipinski definition) is 3. The molecule has 0 spiro atoms. The molecule has 0 amide bonds. The average molecular weight is 307 g/mol. The first-order valence-corrected chi connectivity index (χ1v) is 7.87. The Hall–Kier alpha value is 0.360. The third-order valence-electron chi connectivity index (χ3n) is 3.71. The van der Waals surface area contributed by atoms with Gasteiger partial charge in [0.15, 0.2) is 0 Å². The standard InChI is InChI=1S/C13H27BrN2O/c1-15-8-4-3-5-13(15)6-9-16(10-7-14)11-12-17-2/h13H,3-12H2,1-2H3. The molecule has 0 aliphatic carbocycles. The number of halogens is 1. The molecule has 1 atom stereocenters. The van der Waals surface area contributed by atoms with E-state index in [4.69, 9.17) is 4.74 Å². The largest absolute Gasteiger partial charge is 0.383 e. The van der Waals surface area contributed by atoms with Crippen molar-refractivity contribution >= 4 is 15.9 Å². The lowest BCUT2D eigenvalue weighted by molar-refractivity contribution is 0.128. The molecule has 1 unspecified atom stereocenters. The first-order valence-electron chi connectivity index (χ1n) is 6.75. The minimum Gasteiger partial charge on any atom is -0.383 e. The van der Waals surface area contributed by atoms with Gasteiger partial charge in [-0.15, -0.1) is 0 Å². The van der Waals surface area contributed by atoms with Crippen molar-refractivity contribution in [2.75, 3.05) is 52.3 Å². The highest BCUT2D eigenvalue weighted by Crippen LogP contribution is 2.17. The topological polar surface area (TPSA) is 15.7 Å². The van der Waals surface area contributed by atoms with Crippen LogP contribution in [-0.2, 0) is 4.74 Å². The highest BCUT2D eigenvalue weighted by Gasteiger charge is 2.19. The lowest BCUT2D eigenvalue weighted by Gasteiger charge is -2.34. The predicted octanol–water partition coefficient (Wildman–Crippen LogP) is 2.20. The second-order valence-electron chi connectivity index (χ2n) is 4.94. The van der Waals surface area contributed by atoms with Crippen LogP contribution < -0.4 is 0 Å². The molecule has 0 radical (unpaired) electrons. The highest BCUT2D eigenvalue weighted by atomic mass is 79.9. The third-order valence-corrected chi connectivity index (χ3v) is 4.07. The van der Waals surface area contributed by atoms with Gasteiger partial charge in [-0.25, -0.2) is 0 Å². The summed E-state index contributed by atoms with van der Waals surface area (Å²) in [6.45, 7) is 5.50. The monoisotopic (exact) mass is 306 g/mol. The van der Waals surface area contributed by atoms with Gasteiger partial charge in [-0.1, -0.05) is 22.4 Å². The van der Waals surface area contributed by atoms with Crippen molar-refractivity contribution in [3.63, 3.8) is 0 Å². The van der Waals surface area contributed by atoms with Crippen molar-refractivity contribution in [1.82, 2.24) is 9.80 Å². The summed E-state index contributed by atoms with van der Waals surface area (Å²) in [7, 11) is 4.05. The SMILES string of the molecule is COCCN(CCBr)CCC1CCCCN1C. The molecule has 0 bridgehead atoms. The number of ether oxygens (including phenoxy) is 1. The van der Waals surface area contributed by atoms with Crippen LogP contribution in [0.25, 0.3) is 0 Å². The summed E-state index contributed by atoms with van der Waals surface area (Å²) in [5.41, 5.74) is 0. The molecule has 1 fully saturated rings. The van der Waals surface area contributed by atoms with Gasteiger partial charge in [0, 0.05) is 31.6 Å². The van der Waals surface area contributed by atoms with Crippen LogP contribution in [0.2, 0.25) is 0 Å². The van der Waals surface area contributed by atoms with Crippen LogP contribution in [0.5, 0.6) is 0 Å². The summed E-state index contributed by atoms with van der Waals surface area (Å²) in [5.74, 6) is 0. The second kappa shape index (κ2) is 9.31.